The third kappa shape index (κ3) is 2.27. The zero-order chi connectivity index (χ0) is 16.7. The molecule has 0 unspecified atom stereocenters. The molecular weight excluding hydrogens is 303 g/mol. The van der Waals surface area contributed by atoms with Gasteiger partial charge in [0.15, 0.2) is 5.78 Å². The van der Waals surface area contributed by atoms with Crippen LogP contribution in [0.25, 0.3) is 17.0 Å². The molecular formula is C20H15FN2O. The molecule has 118 valence electrons. The molecule has 0 saturated carbocycles. The first-order chi connectivity index (χ1) is 11.6. The molecule has 1 heterocycles. The van der Waals surface area contributed by atoms with Crippen molar-refractivity contribution in [1.82, 2.24) is 4.98 Å². The van der Waals surface area contributed by atoms with E-state index >= 15 is 0 Å². The minimum Gasteiger partial charge on any atom is -0.398 e. The number of halogens is 1. The largest absolute Gasteiger partial charge is 0.398 e. The Labute approximate surface area is 138 Å². The lowest BCUT2D eigenvalue weighted by atomic mass is 9.87. The molecule has 1 aromatic heterocycles. The van der Waals surface area contributed by atoms with Gasteiger partial charge in [0.2, 0.25) is 0 Å². The molecule has 4 rings (SSSR count). The van der Waals surface area contributed by atoms with Gasteiger partial charge in [0, 0.05) is 16.5 Å². The average molecular weight is 318 g/mol. The number of hydrogen-bond donors (Lipinski definition) is 1. The van der Waals surface area contributed by atoms with E-state index in [1.54, 1.807) is 24.3 Å². The lowest BCUT2D eigenvalue weighted by molar-refractivity contribution is 0.102. The summed E-state index contributed by atoms with van der Waals surface area (Å²) in [7, 11) is 0. The number of aromatic nitrogens is 1. The lowest BCUT2D eigenvalue weighted by Gasteiger charge is -2.20. The predicted octanol–water partition coefficient (Wildman–Crippen LogP) is 4.17. The second-order valence-corrected chi connectivity index (χ2v) is 5.88. The van der Waals surface area contributed by atoms with Gasteiger partial charge in [0.05, 0.1) is 22.5 Å². The molecule has 0 saturated heterocycles. The Morgan fingerprint density at radius 1 is 1.04 bits per heavy atom. The van der Waals surface area contributed by atoms with Gasteiger partial charge < -0.3 is 5.73 Å². The number of aryl methyl sites for hydroxylation is 1. The minimum atomic E-state index is -0.340. The summed E-state index contributed by atoms with van der Waals surface area (Å²) in [5.41, 5.74) is 9.67. The molecule has 24 heavy (non-hydrogen) atoms. The van der Waals surface area contributed by atoms with E-state index in [0.717, 1.165) is 16.6 Å². The summed E-state index contributed by atoms with van der Waals surface area (Å²) in [5.74, 6) is -0.497. The first kappa shape index (κ1) is 14.6. The van der Waals surface area contributed by atoms with Gasteiger partial charge in [-0.3, -0.25) is 9.78 Å². The SMILES string of the molecule is Nc1c2c(nc3ccccc13)CC/C(=C\c1ccccc1F)C2=O. The van der Waals surface area contributed by atoms with Crippen LogP contribution < -0.4 is 5.73 Å². The van der Waals surface area contributed by atoms with Gasteiger partial charge in [-0.15, -0.1) is 0 Å². The van der Waals surface area contributed by atoms with Crippen molar-refractivity contribution in [3.8, 4) is 0 Å². The summed E-state index contributed by atoms with van der Waals surface area (Å²) in [6.07, 6.45) is 2.77. The van der Waals surface area contributed by atoms with E-state index in [2.05, 4.69) is 4.98 Å². The molecule has 3 nitrogen and oxygen atoms in total. The monoisotopic (exact) mass is 318 g/mol. The number of carbonyl (C=O) groups excluding carboxylic acids is 1. The van der Waals surface area contributed by atoms with Gasteiger partial charge >= 0.3 is 0 Å². The Morgan fingerprint density at radius 3 is 2.62 bits per heavy atom. The number of anilines is 1. The maximum Gasteiger partial charge on any atom is 0.192 e. The van der Waals surface area contributed by atoms with Crippen LogP contribution in [0.5, 0.6) is 0 Å². The first-order valence-electron chi connectivity index (χ1n) is 7.82. The Hall–Kier alpha value is -3.01. The van der Waals surface area contributed by atoms with E-state index in [4.69, 9.17) is 5.73 Å². The van der Waals surface area contributed by atoms with Crippen molar-refractivity contribution in [2.24, 2.45) is 0 Å². The quantitative estimate of drug-likeness (QED) is 0.685. The van der Waals surface area contributed by atoms with Gasteiger partial charge in [-0.1, -0.05) is 36.4 Å². The van der Waals surface area contributed by atoms with Crippen molar-refractivity contribution in [2.45, 2.75) is 12.8 Å². The number of nitrogens with zero attached hydrogens (tertiary/aromatic N) is 1. The van der Waals surface area contributed by atoms with Gasteiger partial charge in [-0.25, -0.2) is 4.39 Å². The summed E-state index contributed by atoms with van der Waals surface area (Å²) in [4.78, 5) is 17.5. The predicted molar refractivity (Wildman–Crippen MR) is 93.2 cm³/mol. The highest BCUT2D eigenvalue weighted by molar-refractivity contribution is 6.18. The highest BCUT2D eigenvalue weighted by Gasteiger charge is 2.27. The second kappa shape index (κ2) is 5.57. The van der Waals surface area contributed by atoms with Crippen LogP contribution in [0.3, 0.4) is 0 Å². The maximum absolute atomic E-state index is 13.9. The summed E-state index contributed by atoms with van der Waals surface area (Å²) in [6.45, 7) is 0. The molecule has 0 fully saturated rings. The van der Waals surface area contributed by atoms with Gasteiger partial charge in [0.1, 0.15) is 5.82 Å². The number of allylic oxidation sites excluding steroid dienone is 1. The smallest absolute Gasteiger partial charge is 0.192 e. The highest BCUT2D eigenvalue weighted by Crippen LogP contribution is 2.33. The zero-order valence-electron chi connectivity index (χ0n) is 12.9. The molecule has 0 spiro atoms. The summed E-state index contributed by atoms with van der Waals surface area (Å²) < 4.78 is 13.9. The number of nitrogen functional groups attached to an aromatic ring is 1. The minimum absolute atomic E-state index is 0.157. The zero-order valence-corrected chi connectivity index (χ0v) is 12.9. The van der Waals surface area contributed by atoms with E-state index in [0.29, 0.717) is 35.2 Å². The van der Waals surface area contributed by atoms with E-state index in [1.807, 2.05) is 24.3 Å². The molecule has 3 aromatic rings. The fourth-order valence-corrected chi connectivity index (χ4v) is 3.17. The van der Waals surface area contributed by atoms with E-state index < -0.39 is 0 Å². The number of carbonyl (C=O) groups is 1. The Morgan fingerprint density at radius 2 is 1.79 bits per heavy atom. The van der Waals surface area contributed by atoms with Crippen molar-refractivity contribution in [2.75, 3.05) is 5.73 Å². The van der Waals surface area contributed by atoms with Crippen LogP contribution in [0.2, 0.25) is 0 Å². The Kier molecular flexibility index (Phi) is 3.38. The number of rotatable bonds is 1. The summed E-state index contributed by atoms with van der Waals surface area (Å²) in [6, 6.07) is 13.9. The number of ketones is 1. The second-order valence-electron chi connectivity index (χ2n) is 5.88. The summed E-state index contributed by atoms with van der Waals surface area (Å²) in [5, 5.41) is 0.775. The van der Waals surface area contributed by atoms with Crippen molar-refractivity contribution in [1.29, 1.82) is 0 Å². The molecule has 1 aliphatic rings. The molecule has 0 amide bonds. The molecule has 0 radical (unpaired) electrons. The van der Waals surface area contributed by atoms with E-state index in [9.17, 15) is 9.18 Å². The van der Waals surface area contributed by atoms with Crippen molar-refractivity contribution >= 4 is 28.4 Å². The van der Waals surface area contributed by atoms with Crippen LogP contribution >= 0.6 is 0 Å². The highest BCUT2D eigenvalue weighted by atomic mass is 19.1. The molecule has 4 heteroatoms. The van der Waals surface area contributed by atoms with Gasteiger partial charge in [-0.05, 0) is 31.1 Å². The van der Waals surface area contributed by atoms with Gasteiger partial charge in [-0.2, -0.15) is 0 Å². The number of benzene rings is 2. The molecule has 2 N–H and O–H groups in total. The molecule has 1 aliphatic carbocycles. The summed E-state index contributed by atoms with van der Waals surface area (Å²) >= 11 is 0. The molecule has 0 atom stereocenters. The number of para-hydroxylation sites is 1. The average Bonchev–Trinajstić information content (AvgIpc) is 2.59. The van der Waals surface area contributed by atoms with Crippen LogP contribution in [-0.4, -0.2) is 10.8 Å². The number of hydrogen-bond acceptors (Lipinski definition) is 3. The lowest BCUT2D eigenvalue weighted by Crippen LogP contribution is -2.18. The van der Waals surface area contributed by atoms with Crippen molar-refractivity contribution in [3.63, 3.8) is 0 Å². The maximum atomic E-state index is 13.9. The topological polar surface area (TPSA) is 56.0 Å². The van der Waals surface area contributed by atoms with Crippen LogP contribution in [0.1, 0.15) is 28.0 Å². The number of fused-ring (bicyclic) bond motifs is 2. The molecule has 2 aromatic carbocycles. The Balaban J connectivity index is 1.86. The fraction of sp³-hybridized carbons (Fsp3) is 0.100. The van der Waals surface area contributed by atoms with E-state index in [1.165, 1.54) is 6.07 Å². The third-order valence-electron chi connectivity index (χ3n) is 4.39. The van der Waals surface area contributed by atoms with Crippen LogP contribution in [0.4, 0.5) is 10.1 Å². The van der Waals surface area contributed by atoms with Crippen LogP contribution in [0.15, 0.2) is 54.1 Å². The molecule has 0 aliphatic heterocycles. The molecule has 0 bridgehead atoms. The van der Waals surface area contributed by atoms with E-state index in [-0.39, 0.29) is 11.6 Å². The standard InChI is InChI=1S/C20H15FN2O/c21-15-7-3-1-5-12(15)11-13-9-10-17-18(20(13)24)19(22)14-6-2-4-8-16(14)23-17/h1-8,11H,9-10H2,(H2,22,23)/b13-11+. The first-order valence-corrected chi connectivity index (χ1v) is 7.82. The normalized spacial score (nSPS) is 15.7. The van der Waals surface area contributed by atoms with Crippen molar-refractivity contribution in [3.05, 3.63) is 76.7 Å². The Bertz CT molecular complexity index is 1010. The third-order valence-corrected chi connectivity index (χ3v) is 4.39. The van der Waals surface area contributed by atoms with Crippen LogP contribution in [0, 0.1) is 5.82 Å². The van der Waals surface area contributed by atoms with Crippen LogP contribution in [-0.2, 0) is 6.42 Å². The fourth-order valence-electron chi connectivity index (χ4n) is 3.17. The van der Waals surface area contributed by atoms with Gasteiger partial charge in [0.25, 0.3) is 0 Å². The number of Topliss-reactive ketones (excluding diaryl/α,β-unsaturated/α-hetero) is 1. The number of nitrogens with two attached hydrogens (primary N) is 1. The number of pyridine rings is 1. The van der Waals surface area contributed by atoms with Crippen molar-refractivity contribution < 1.29 is 9.18 Å².